The summed E-state index contributed by atoms with van der Waals surface area (Å²) in [5.74, 6) is -1.24. The minimum absolute atomic E-state index is 0.232. The molecule has 1 amide bonds. The van der Waals surface area contributed by atoms with Crippen molar-refractivity contribution in [3.05, 3.63) is 29.8 Å². The number of benzene rings is 1. The van der Waals surface area contributed by atoms with Crippen LogP contribution in [0, 0.1) is 11.3 Å². The van der Waals surface area contributed by atoms with Gasteiger partial charge in [-0.15, -0.1) is 11.8 Å². The summed E-state index contributed by atoms with van der Waals surface area (Å²) in [6.45, 7) is 3.46. The quantitative estimate of drug-likeness (QED) is 0.756. The number of carbonyl (C=O) groups is 2. The van der Waals surface area contributed by atoms with Gasteiger partial charge in [0.15, 0.2) is 0 Å². The third kappa shape index (κ3) is 3.99. The van der Waals surface area contributed by atoms with Crippen molar-refractivity contribution in [3.8, 4) is 6.07 Å². The van der Waals surface area contributed by atoms with Gasteiger partial charge in [-0.3, -0.25) is 4.79 Å². The number of nitrogens with zero attached hydrogens (tertiary/aromatic N) is 1. The summed E-state index contributed by atoms with van der Waals surface area (Å²) in [5.41, 5.74) is -0.866. The topological polar surface area (TPSA) is 90.2 Å². The molecular weight excluding hydrogens is 288 g/mol. The van der Waals surface area contributed by atoms with Crippen molar-refractivity contribution in [1.82, 2.24) is 5.32 Å². The van der Waals surface area contributed by atoms with Crippen molar-refractivity contribution in [2.24, 2.45) is 0 Å². The van der Waals surface area contributed by atoms with Gasteiger partial charge in [0, 0.05) is 4.90 Å². The van der Waals surface area contributed by atoms with Crippen LogP contribution in [0.2, 0.25) is 0 Å². The van der Waals surface area contributed by atoms with E-state index in [1.807, 2.05) is 6.07 Å². The van der Waals surface area contributed by atoms with E-state index in [0.29, 0.717) is 23.3 Å². The van der Waals surface area contributed by atoms with Crippen molar-refractivity contribution in [3.63, 3.8) is 0 Å². The molecule has 0 aliphatic rings. The Morgan fingerprint density at radius 1 is 1.33 bits per heavy atom. The molecule has 0 unspecified atom stereocenters. The predicted molar refractivity (Wildman–Crippen MR) is 81.2 cm³/mol. The number of rotatable bonds is 7. The molecule has 112 valence electrons. The average molecular weight is 306 g/mol. The first kappa shape index (κ1) is 17.1. The van der Waals surface area contributed by atoms with Gasteiger partial charge in [0.2, 0.25) is 0 Å². The Labute approximate surface area is 128 Å². The van der Waals surface area contributed by atoms with E-state index in [2.05, 4.69) is 5.32 Å². The number of thioether (sulfide) groups is 1. The Morgan fingerprint density at radius 3 is 2.48 bits per heavy atom. The Bertz CT molecular complexity index is 562. The zero-order chi connectivity index (χ0) is 15.9. The summed E-state index contributed by atoms with van der Waals surface area (Å²) in [6.07, 6.45) is 0.607. The van der Waals surface area contributed by atoms with E-state index in [0.717, 1.165) is 0 Å². The fourth-order valence-corrected chi connectivity index (χ4v) is 2.67. The monoisotopic (exact) mass is 306 g/mol. The van der Waals surface area contributed by atoms with Gasteiger partial charge in [0.25, 0.3) is 5.91 Å². The molecule has 0 spiro atoms. The molecule has 0 aliphatic heterocycles. The first-order valence-corrected chi connectivity index (χ1v) is 7.64. The lowest BCUT2D eigenvalue weighted by Gasteiger charge is -2.28. The smallest absolute Gasteiger partial charge is 0.329 e. The third-order valence-corrected chi connectivity index (χ3v) is 4.33. The minimum atomic E-state index is -1.26. The molecule has 2 N–H and O–H groups in total. The van der Waals surface area contributed by atoms with Gasteiger partial charge in [-0.2, -0.15) is 5.26 Å². The molecule has 0 fully saturated rings. The molecule has 1 rings (SSSR count). The van der Waals surface area contributed by atoms with Crippen LogP contribution in [0.25, 0.3) is 0 Å². The molecule has 0 aliphatic carbocycles. The number of hydrogen-bond acceptors (Lipinski definition) is 4. The van der Waals surface area contributed by atoms with Crippen LogP contribution in [0.3, 0.4) is 0 Å². The number of aliphatic carboxylic acids is 1. The standard InChI is InChI=1S/C15H18N2O3S/c1-3-15(4-2,14(19)20)17-13(18)11-7-5-6-8-12(11)21-10-9-16/h5-8H,3-4,10H2,1-2H3,(H,17,18)(H,19,20). The normalized spacial score (nSPS) is 10.7. The second kappa shape index (κ2) is 7.70. The van der Waals surface area contributed by atoms with E-state index in [1.54, 1.807) is 38.1 Å². The third-order valence-electron chi connectivity index (χ3n) is 3.39. The van der Waals surface area contributed by atoms with E-state index in [-0.39, 0.29) is 5.75 Å². The minimum Gasteiger partial charge on any atom is -0.480 e. The molecule has 0 radical (unpaired) electrons. The zero-order valence-electron chi connectivity index (χ0n) is 12.0. The number of carboxylic acids is 1. The van der Waals surface area contributed by atoms with Gasteiger partial charge in [0.05, 0.1) is 17.4 Å². The Morgan fingerprint density at radius 2 is 1.95 bits per heavy atom. The lowest BCUT2D eigenvalue weighted by atomic mass is 9.92. The number of amides is 1. The molecule has 21 heavy (non-hydrogen) atoms. The second-order valence-corrected chi connectivity index (χ2v) is 5.51. The molecular formula is C15H18N2O3S. The predicted octanol–water partition coefficient (Wildman–Crippen LogP) is 2.68. The van der Waals surface area contributed by atoms with Crippen LogP contribution in [0.5, 0.6) is 0 Å². The van der Waals surface area contributed by atoms with Crippen molar-refractivity contribution in [2.45, 2.75) is 37.1 Å². The number of hydrogen-bond donors (Lipinski definition) is 2. The van der Waals surface area contributed by atoms with Crippen LogP contribution in [0.4, 0.5) is 0 Å². The fourth-order valence-electron chi connectivity index (χ4n) is 1.96. The van der Waals surface area contributed by atoms with E-state index in [9.17, 15) is 14.7 Å². The van der Waals surface area contributed by atoms with Gasteiger partial charge in [0.1, 0.15) is 5.54 Å². The lowest BCUT2D eigenvalue weighted by molar-refractivity contribution is -0.144. The van der Waals surface area contributed by atoms with Crippen LogP contribution in [-0.4, -0.2) is 28.3 Å². The summed E-state index contributed by atoms with van der Waals surface area (Å²) in [4.78, 5) is 24.5. The number of nitriles is 1. The van der Waals surface area contributed by atoms with Crippen LogP contribution < -0.4 is 5.32 Å². The summed E-state index contributed by atoms with van der Waals surface area (Å²) in [5, 5.41) is 20.6. The molecule has 5 nitrogen and oxygen atoms in total. The first-order valence-electron chi connectivity index (χ1n) is 6.65. The van der Waals surface area contributed by atoms with Gasteiger partial charge in [-0.1, -0.05) is 26.0 Å². The Balaban J connectivity index is 3.04. The summed E-state index contributed by atoms with van der Waals surface area (Å²) >= 11 is 1.26. The van der Waals surface area contributed by atoms with Crippen molar-refractivity contribution in [1.29, 1.82) is 5.26 Å². The van der Waals surface area contributed by atoms with Gasteiger partial charge in [-0.25, -0.2) is 4.79 Å². The maximum absolute atomic E-state index is 12.4. The molecule has 1 aromatic rings. The van der Waals surface area contributed by atoms with Crippen LogP contribution in [0.1, 0.15) is 37.0 Å². The SMILES string of the molecule is CCC(CC)(NC(=O)c1ccccc1SCC#N)C(=O)O. The van der Waals surface area contributed by atoms with Crippen LogP contribution >= 0.6 is 11.8 Å². The number of carbonyl (C=O) groups excluding carboxylic acids is 1. The molecule has 0 saturated heterocycles. The lowest BCUT2D eigenvalue weighted by Crippen LogP contribution is -2.53. The van der Waals surface area contributed by atoms with Gasteiger partial charge in [-0.05, 0) is 25.0 Å². The molecule has 6 heteroatoms. The number of nitrogens with one attached hydrogen (secondary N) is 1. The van der Waals surface area contributed by atoms with Crippen molar-refractivity contribution in [2.75, 3.05) is 5.75 Å². The average Bonchev–Trinajstić information content (AvgIpc) is 2.50. The molecule has 0 aromatic heterocycles. The molecule has 0 saturated carbocycles. The highest BCUT2D eigenvalue weighted by molar-refractivity contribution is 7.99. The Hall–Kier alpha value is -2.00. The second-order valence-electron chi connectivity index (χ2n) is 4.49. The van der Waals surface area contributed by atoms with Crippen molar-refractivity contribution < 1.29 is 14.7 Å². The summed E-state index contributed by atoms with van der Waals surface area (Å²) in [6, 6.07) is 8.88. The largest absolute Gasteiger partial charge is 0.480 e. The maximum atomic E-state index is 12.4. The van der Waals surface area contributed by atoms with E-state index >= 15 is 0 Å². The molecule has 0 bridgehead atoms. The fraction of sp³-hybridized carbons (Fsp3) is 0.400. The summed E-state index contributed by atoms with van der Waals surface area (Å²) < 4.78 is 0. The van der Waals surface area contributed by atoms with Gasteiger partial charge >= 0.3 is 5.97 Å². The highest BCUT2D eigenvalue weighted by atomic mass is 32.2. The molecule has 0 atom stereocenters. The molecule has 1 aromatic carbocycles. The maximum Gasteiger partial charge on any atom is 0.329 e. The first-order chi connectivity index (χ1) is 10.0. The van der Waals surface area contributed by atoms with E-state index < -0.39 is 17.4 Å². The van der Waals surface area contributed by atoms with Crippen LogP contribution in [-0.2, 0) is 4.79 Å². The van der Waals surface area contributed by atoms with E-state index in [1.165, 1.54) is 11.8 Å². The van der Waals surface area contributed by atoms with Crippen LogP contribution in [0.15, 0.2) is 29.2 Å². The van der Waals surface area contributed by atoms with E-state index in [4.69, 9.17) is 5.26 Å². The number of carboxylic acid groups (broad SMARTS) is 1. The Kier molecular flexibility index (Phi) is 6.25. The summed E-state index contributed by atoms with van der Waals surface area (Å²) in [7, 11) is 0. The molecule has 0 heterocycles. The highest BCUT2D eigenvalue weighted by Gasteiger charge is 2.36. The zero-order valence-corrected chi connectivity index (χ0v) is 12.9. The van der Waals surface area contributed by atoms with Gasteiger partial charge < -0.3 is 10.4 Å². The van der Waals surface area contributed by atoms with Crippen molar-refractivity contribution >= 4 is 23.6 Å². The highest BCUT2D eigenvalue weighted by Crippen LogP contribution is 2.24.